The SMILES string of the molecule is CC(F)(C(F)C(F)(F)C(F)(F)C(F)(F)F)C(F)(F)C(F)(F)F. The summed E-state index contributed by atoms with van der Waals surface area (Å²) >= 11 is 0. The van der Waals surface area contributed by atoms with Crippen LogP contribution >= 0.6 is 0 Å². The minimum absolute atomic E-state index is 1.20. The Kier molecular flexibility index (Phi) is 4.79. The maximum absolute atomic E-state index is 13.1. The van der Waals surface area contributed by atoms with Gasteiger partial charge in [0.25, 0.3) is 0 Å². The highest BCUT2D eigenvalue weighted by atomic mass is 19.4. The minimum Gasteiger partial charge on any atom is -0.237 e. The van der Waals surface area contributed by atoms with Crippen molar-refractivity contribution in [3.63, 3.8) is 0 Å². The lowest BCUT2D eigenvalue weighted by molar-refractivity contribution is -0.391. The van der Waals surface area contributed by atoms with E-state index >= 15 is 0 Å². The van der Waals surface area contributed by atoms with Gasteiger partial charge >= 0.3 is 30.1 Å². The van der Waals surface area contributed by atoms with E-state index in [0.29, 0.717) is 0 Å². The molecule has 0 spiro atoms. The van der Waals surface area contributed by atoms with Gasteiger partial charge < -0.3 is 0 Å². The topological polar surface area (TPSA) is 0 Å². The highest BCUT2D eigenvalue weighted by Crippen LogP contribution is 2.56. The molecule has 0 aliphatic heterocycles. The average Bonchev–Trinajstić information content (AvgIpc) is 2.24. The second-order valence-electron chi connectivity index (χ2n) is 4.21. The van der Waals surface area contributed by atoms with Crippen molar-refractivity contribution in [2.24, 2.45) is 0 Å². The fraction of sp³-hybridized carbons (Fsp3) is 1.00. The quantitative estimate of drug-likeness (QED) is 0.609. The molecule has 0 radical (unpaired) electrons. The van der Waals surface area contributed by atoms with Crippen LogP contribution in [-0.2, 0) is 0 Å². The zero-order valence-electron chi connectivity index (χ0n) is 9.87. The molecule has 0 aromatic carbocycles. The van der Waals surface area contributed by atoms with Crippen molar-refractivity contribution in [2.45, 2.75) is 48.9 Å². The molecule has 0 fully saturated rings. The van der Waals surface area contributed by atoms with Crippen molar-refractivity contribution >= 4 is 0 Å². The van der Waals surface area contributed by atoms with E-state index < -0.39 is 48.9 Å². The second-order valence-corrected chi connectivity index (χ2v) is 4.21. The third-order valence-corrected chi connectivity index (χ3v) is 2.54. The zero-order valence-corrected chi connectivity index (χ0v) is 9.87. The molecule has 0 N–H and O–H groups in total. The van der Waals surface area contributed by atoms with Crippen molar-refractivity contribution in [3.8, 4) is 0 Å². The fourth-order valence-electron chi connectivity index (χ4n) is 1.12. The molecule has 0 aliphatic rings. The van der Waals surface area contributed by atoms with E-state index in [9.17, 15) is 61.5 Å². The Labute approximate surface area is 112 Å². The van der Waals surface area contributed by atoms with Crippen molar-refractivity contribution in [2.75, 3.05) is 0 Å². The van der Waals surface area contributed by atoms with Gasteiger partial charge in [-0.15, -0.1) is 0 Å². The molecule has 14 heteroatoms. The van der Waals surface area contributed by atoms with Crippen LogP contribution in [0.15, 0.2) is 0 Å². The molecule has 2 atom stereocenters. The van der Waals surface area contributed by atoms with Gasteiger partial charge in [-0.05, 0) is 6.92 Å². The van der Waals surface area contributed by atoms with Crippen molar-refractivity contribution in [1.29, 1.82) is 0 Å². The maximum Gasteiger partial charge on any atom is 0.459 e. The molecule has 0 aliphatic carbocycles. The van der Waals surface area contributed by atoms with Crippen LogP contribution in [-0.4, -0.2) is 42.0 Å². The number of alkyl halides is 14. The summed E-state index contributed by atoms with van der Waals surface area (Å²) in [6.07, 6.45) is -20.1. The highest BCUT2D eigenvalue weighted by molar-refractivity contribution is 5.09. The summed E-state index contributed by atoms with van der Waals surface area (Å²) in [4.78, 5) is 0. The van der Waals surface area contributed by atoms with Gasteiger partial charge in [0.05, 0.1) is 0 Å². The minimum atomic E-state index is -7.39. The molecule has 0 heterocycles. The van der Waals surface area contributed by atoms with E-state index in [-0.39, 0.29) is 0 Å². The Morgan fingerprint density at radius 2 is 0.818 bits per heavy atom. The fourth-order valence-corrected chi connectivity index (χ4v) is 1.12. The van der Waals surface area contributed by atoms with Crippen LogP contribution in [0.4, 0.5) is 61.5 Å². The molecule has 0 amide bonds. The van der Waals surface area contributed by atoms with Crippen LogP contribution in [0.5, 0.6) is 0 Å². The first-order chi connectivity index (χ1) is 9.15. The molecule has 0 nitrogen and oxygen atoms in total. The van der Waals surface area contributed by atoms with Crippen LogP contribution < -0.4 is 0 Å². The third kappa shape index (κ3) is 2.79. The molecule has 0 bridgehead atoms. The molecule has 0 rings (SSSR count). The summed E-state index contributed by atoms with van der Waals surface area (Å²) in [5, 5.41) is 0. The Morgan fingerprint density at radius 1 is 0.545 bits per heavy atom. The van der Waals surface area contributed by atoms with Crippen molar-refractivity contribution in [1.82, 2.24) is 0 Å². The summed E-state index contributed by atoms with van der Waals surface area (Å²) in [5.74, 6) is -21.6. The highest BCUT2D eigenvalue weighted by Gasteiger charge is 2.83. The number of halogens is 14. The van der Waals surface area contributed by atoms with Crippen LogP contribution in [0.2, 0.25) is 0 Å². The number of hydrogen-bond donors (Lipinski definition) is 0. The molecular weight excluding hydrogens is 362 g/mol. The average molecular weight is 366 g/mol. The zero-order chi connectivity index (χ0) is 18.6. The summed E-state index contributed by atoms with van der Waals surface area (Å²) in [6, 6.07) is 0. The third-order valence-electron chi connectivity index (χ3n) is 2.54. The largest absolute Gasteiger partial charge is 0.459 e. The normalized spacial score (nSPS) is 19.8. The van der Waals surface area contributed by atoms with Gasteiger partial charge in [-0.3, -0.25) is 0 Å². The molecular formula is C8H4F14. The first-order valence-electron chi connectivity index (χ1n) is 4.75. The molecule has 2 unspecified atom stereocenters. The summed E-state index contributed by atoms with van der Waals surface area (Å²) in [7, 11) is 0. The van der Waals surface area contributed by atoms with Gasteiger partial charge in [-0.1, -0.05) is 0 Å². The molecule has 0 saturated heterocycles. The van der Waals surface area contributed by atoms with Crippen LogP contribution in [0.1, 0.15) is 6.92 Å². The molecule has 0 aromatic rings. The maximum atomic E-state index is 13.1. The molecule has 0 aromatic heterocycles. The van der Waals surface area contributed by atoms with Crippen LogP contribution in [0, 0.1) is 0 Å². The van der Waals surface area contributed by atoms with E-state index in [1.54, 1.807) is 0 Å². The second kappa shape index (κ2) is 5.01. The summed E-state index contributed by atoms with van der Waals surface area (Å²) < 4.78 is 172. The standard InChI is InChI=1S/C8H4F14/c1-3(10,5(13,14)7(17,18)19)2(9)4(11,12)6(15,16)8(20,21)22/h2H,1H3. The predicted molar refractivity (Wildman–Crippen MR) is 41.4 cm³/mol. The van der Waals surface area contributed by atoms with Gasteiger partial charge in [0.15, 0.2) is 0 Å². The first-order valence-corrected chi connectivity index (χ1v) is 4.75. The molecule has 134 valence electrons. The van der Waals surface area contributed by atoms with Crippen molar-refractivity contribution < 1.29 is 61.5 Å². The summed E-state index contributed by atoms with van der Waals surface area (Å²) in [5.41, 5.74) is -6.11. The monoisotopic (exact) mass is 366 g/mol. The van der Waals surface area contributed by atoms with Gasteiger partial charge in [-0.25, -0.2) is 8.78 Å². The Balaban J connectivity index is 6.00. The van der Waals surface area contributed by atoms with Gasteiger partial charge in [0.1, 0.15) is 0 Å². The Hall–Kier alpha value is -0.980. The Bertz CT molecular complexity index is 360. The number of hydrogen-bond acceptors (Lipinski definition) is 0. The van der Waals surface area contributed by atoms with E-state index in [4.69, 9.17) is 0 Å². The van der Waals surface area contributed by atoms with Gasteiger partial charge in [0.2, 0.25) is 11.8 Å². The lowest BCUT2D eigenvalue weighted by Gasteiger charge is -2.39. The van der Waals surface area contributed by atoms with E-state index in [1.165, 1.54) is 0 Å². The number of rotatable bonds is 4. The Morgan fingerprint density at radius 3 is 1.05 bits per heavy atom. The van der Waals surface area contributed by atoms with Gasteiger partial charge in [0, 0.05) is 0 Å². The van der Waals surface area contributed by atoms with Crippen molar-refractivity contribution in [3.05, 3.63) is 0 Å². The van der Waals surface area contributed by atoms with E-state index in [2.05, 4.69) is 0 Å². The van der Waals surface area contributed by atoms with Gasteiger partial charge in [-0.2, -0.15) is 52.7 Å². The summed E-state index contributed by atoms with van der Waals surface area (Å²) in [6.45, 7) is -1.20. The lowest BCUT2D eigenvalue weighted by Crippen LogP contribution is -2.67. The van der Waals surface area contributed by atoms with E-state index in [1.807, 2.05) is 0 Å². The first kappa shape index (κ1) is 21.0. The van der Waals surface area contributed by atoms with E-state index in [0.717, 1.165) is 0 Å². The molecule has 22 heavy (non-hydrogen) atoms. The predicted octanol–water partition coefficient (Wildman–Crippen LogP) is 5.08. The smallest absolute Gasteiger partial charge is 0.237 e. The van der Waals surface area contributed by atoms with Crippen LogP contribution in [0.25, 0.3) is 0 Å². The lowest BCUT2D eigenvalue weighted by atomic mass is 9.87. The van der Waals surface area contributed by atoms with Crippen LogP contribution in [0.3, 0.4) is 0 Å². The molecule has 0 saturated carbocycles.